The van der Waals surface area contributed by atoms with E-state index in [0.29, 0.717) is 11.3 Å². The van der Waals surface area contributed by atoms with E-state index in [1.54, 1.807) is 31.5 Å². The molecule has 2 heterocycles. The van der Waals surface area contributed by atoms with Gasteiger partial charge in [0.1, 0.15) is 11.6 Å². The van der Waals surface area contributed by atoms with Gasteiger partial charge in [-0.05, 0) is 19.1 Å². The normalized spacial score (nSPS) is 10.2. The molecule has 0 radical (unpaired) electrons. The molecular formula is C13H16N4O2. The van der Waals surface area contributed by atoms with E-state index in [4.69, 9.17) is 0 Å². The minimum absolute atomic E-state index is 0.368. The number of nitrogens with zero attached hydrogens (tertiary/aromatic N) is 2. The highest BCUT2D eigenvalue weighted by molar-refractivity contribution is 5.90. The van der Waals surface area contributed by atoms with Crippen LogP contribution in [0.15, 0.2) is 24.5 Å². The van der Waals surface area contributed by atoms with Crippen LogP contribution in [0.4, 0.5) is 5.82 Å². The molecule has 0 unspecified atom stereocenters. The molecule has 6 heteroatoms. The third kappa shape index (κ3) is 3.31. The van der Waals surface area contributed by atoms with Gasteiger partial charge in [-0.2, -0.15) is 0 Å². The molecule has 2 aromatic heterocycles. The van der Waals surface area contributed by atoms with E-state index in [1.807, 2.05) is 0 Å². The number of carbonyl (C=O) groups is 1. The SMILES string of the molecule is COC(=O)c1ccc(NCCc2ncc[nH]2)nc1C. The van der Waals surface area contributed by atoms with Gasteiger partial charge in [-0.25, -0.2) is 14.8 Å². The molecule has 0 saturated heterocycles. The molecule has 0 aromatic carbocycles. The lowest BCUT2D eigenvalue weighted by atomic mass is 10.2. The number of imidazole rings is 1. The zero-order chi connectivity index (χ0) is 13.7. The zero-order valence-electron chi connectivity index (χ0n) is 10.9. The van der Waals surface area contributed by atoms with Gasteiger partial charge in [0.05, 0.1) is 18.4 Å². The minimum atomic E-state index is -0.368. The van der Waals surface area contributed by atoms with E-state index in [2.05, 4.69) is 25.0 Å². The Hall–Kier alpha value is -2.37. The van der Waals surface area contributed by atoms with Crippen molar-refractivity contribution in [3.05, 3.63) is 41.6 Å². The van der Waals surface area contributed by atoms with Crippen molar-refractivity contribution in [2.45, 2.75) is 13.3 Å². The van der Waals surface area contributed by atoms with Gasteiger partial charge in [0.15, 0.2) is 0 Å². The standard InChI is InChI=1S/C13H16N4O2/c1-9-10(13(18)19-2)3-4-12(17-9)14-6-5-11-15-7-8-16-11/h3-4,7-8H,5-6H2,1-2H3,(H,14,17)(H,15,16). The van der Waals surface area contributed by atoms with E-state index in [0.717, 1.165) is 24.6 Å². The summed E-state index contributed by atoms with van der Waals surface area (Å²) in [7, 11) is 1.36. The number of aryl methyl sites for hydroxylation is 1. The average Bonchev–Trinajstić information content (AvgIpc) is 2.91. The van der Waals surface area contributed by atoms with Gasteiger partial charge in [-0.3, -0.25) is 0 Å². The molecule has 0 saturated carbocycles. The van der Waals surface area contributed by atoms with Crippen LogP contribution in [-0.2, 0) is 11.2 Å². The Morgan fingerprint density at radius 2 is 2.32 bits per heavy atom. The lowest BCUT2D eigenvalue weighted by Gasteiger charge is -2.08. The Labute approximate surface area is 111 Å². The monoisotopic (exact) mass is 260 g/mol. The number of nitrogens with one attached hydrogen (secondary N) is 2. The first-order chi connectivity index (χ1) is 9.20. The molecule has 0 amide bonds. The lowest BCUT2D eigenvalue weighted by Crippen LogP contribution is -2.10. The molecule has 100 valence electrons. The number of esters is 1. The van der Waals surface area contributed by atoms with E-state index >= 15 is 0 Å². The molecular weight excluding hydrogens is 244 g/mol. The van der Waals surface area contributed by atoms with Gasteiger partial charge in [0.25, 0.3) is 0 Å². The molecule has 0 bridgehead atoms. The lowest BCUT2D eigenvalue weighted by molar-refractivity contribution is 0.0599. The molecule has 2 aromatic rings. The summed E-state index contributed by atoms with van der Waals surface area (Å²) >= 11 is 0. The van der Waals surface area contributed by atoms with Gasteiger partial charge in [-0.1, -0.05) is 0 Å². The van der Waals surface area contributed by atoms with Crippen LogP contribution < -0.4 is 5.32 Å². The Kier molecular flexibility index (Phi) is 4.12. The molecule has 0 aliphatic heterocycles. The van der Waals surface area contributed by atoms with Crippen molar-refractivity contribution in [3.63, 3.8) is 0 Å². The predicted octanol–water partition coefficient (Wildman–Crippen LogP) is 1.55. The number of H-pyrrole nitrogens is 1. The van der Waals surface area contributed by atoms with Gasteiger partial charge in [0.2, 0.25) is 0 Å². The molecule has 2 N–H and O–H groups in total. The summed E-state index contributed by atoms with van der Waals surface area (Å²) in [5, 5.41) is 3.18. The Morgan fingerprint density at radius 1 is 1.47 bits per heavy atom. The van der Waals surface area contributed by atoms with Gasteiger partial charge in [-0.15, -0.1) is 0 Å². The van der Waals surface area contributed by atoms with Crippen molar-refractivity contribution < 1.29 is 9.53 Å². The van der Waals surface area contributed by atoms with Crippen molar-refractivity contribution in [1.82, 2.24) is 15.0 Å². The third-order valence-corrected chi connectivity index (χ3v) is 2.71. The molecule has 0 spiro atoms. The number of methoxy groups -OCH3 is 1. The topological polar surface area (TPSA) is 79.9 Å². The minimum Gasteiger partial charge on any atom is -0.465 e. The second kappa shape index (κ2) is 5.99. The molecule has 0 fully saturated rings. The summed E-state index contributed by atoms with van der Waals surface area (Å²) in [6, 6.07) is 3.48. The van der Waals surface area contributed by atoms with Crippen LogP contribution in [0.1, 0.15) is 21.9 Å². The molecule has 6 nitrogen and oxygen atoms in total. The van der Waals surface area contributed by atoms with Crippen LogP contribution in [-0.4, -0.2) is 34.6 Å². The fraction of sp³-hybridized carbons (Fsp3) is 0.308. The summed E-state index contributed by atoms with van der Waals surface area (Å²) in [5.41, 5.74) is 1.13. The van der Waals surface area contributed by atoms with Crippen molar-refractivity contribution in [2.75, 3.05) is 19.0 Å². The first-order valence-electron chi connectivity index (χ1n) is 5.99. The first-order valence-corrected chi connectivity index (χ1v) is 5.99. The summed E-state index contributed by atoms with van der Waals surface area (Å²) in [4.78, 5) is 22.9. The van der Waals surface area contributed by atoms with Gasteiger partial charge < -0.3 is 15.0 Å². The highest BCUT2D eigenvalue weighted by atomic mass is 16.5. The predicted molar refractivity (Wildman–Crippen MR) is 71.1 cm³/mol. The number of pyridine rings is 1. The fourth-order valence-electron chi connectivity index (χ4n) is 1.73. The van der Waals surface area contributed by atoms with E-state index in [9.17, 15) is 4.79 Å². The molecule has 0 aliphatic carbocycles. The third-order valence-electron chi connectivity index (χ3n) is 2.71. The average molecular weight is 260 g/mol. The number of anilines is 1. The van der Waals surface area contributed by atoms with Crippen molar-refractivity contribution in [3.8, 4) is 0 Å². The fourth-order valence-corrected chi connectivity index (χ4v) is 1.73. The molecule has 19 heavy (non-hydrogen) atoms. The van der Waals surface area contributed by atoms with Crippen LogP contribution in [0.25, 0.3) is 0 Å². The van der Waals surface area contributed by atoms with Crippen LogP contribution in [0.2, 0.25) is 0 Å². The summed E-state index contributed by atoms with van der Waals surface area (Å²) in [6.45, 7) is 2.50. The Morgan fingerprint density at radius 3 is 2.95 bits per heavy atom. The van der Waals surface area contributed by atoms with Crippen LogP contribution >= 0.6 is 0 Å². The first kappa shape index (κ1) is 13.1. The van der Waals surface area contributed by atoms with E-state index < -0.39 is 0 Å². The smallest absolute Gasteiger partial charge is 0.339 e. The van der Waals surface area contributed by atoms with E-state index in [1.165, 1.54) is 7.11 Å². The number of ether oxygens (including phenoxy) is 1. The zero-order valence-corrected chi connectivity index (χ0v) is 10.9. The highest BCUT2D eigenvalue weighted by Gasteiger charge is 2.10. The number of hydrogen-bond donors (Lipinski definition) is 2. The number of aromatic nitrogens is 3. The Balaban J connectivity index is 1.94. The maximum absolute atomic E-state index is 11.4. The number of rotatable bonds is 5. The van der Waals surface area contributed by atoms with Crippen LogP contribution in [0.3, 0.4) is 0 Å². The molecule has 0 atom stereocenters. The van der Waals surface area contributed by atoms with Crippen LogP contribution in [0, 0.1) is 6.92 Å². The quantitative estimate of drug-likeness (QED) is 0.797. The highest BCUT2D eigenvalue weighted by Crippen LogP contribution is 2.11. The molecule has 2 rings (SSSR count). The van der Waals surface area contributed by atoms with Crippen molar-refractivity contribution in [1.29, 1.82) is 0 Å². The number of aromatic amines is 1. The maximum Gasteiger partial charge on any atom is 0.339 e. The second-order valence-corrected chi connectivity index (χ2v) is 4.03. The van der Waals surface area contributed by atoms with Crippen molar-refractivity contribution >= 4 is 11.8 Å². The van der Waals surface area contributed by atoms with Crippen molar-refractivity contribution in [2.24, 2.45) is 0 Å². The number of hydrogen-bond acceptors (Lipinski definition) is 5. The number of carbonyl (C=O) groups excluding carboxylic acids is 1. The van der Waals surface area contributed by atoms with E-state index in [-0.39, 0.29) is 5.97 Å². The maximum atomic E-state index is 11.4. The van der Waals surface area contributed by atoms with Crippen LogP contribution in [0.5, 0.6) is 0 Å². The molecule has 0 aliphatic rings. The summed E-state index contributed by atoms with van der Waals surface area (Å²) in [5.74, 6) is 1.29. The second-order valence-electron chi connectivity index (χ2n) is 4.03. The largest absolute Gasteiger partial charge is 0.465 e. The summed E-state index contributed by atoms with van der Waals surface area (Å²) < 4.78 is 4.68. The summed E-state index contributed by atoms with van der Waals surface area (Å²) in [6.07, 6.45) is 4.30. The van der Waals surface area contributed by atoms with Gasteiger partial charge >= 0.3 is 5.97 Å². The van der Waals surface area contributed by atoms with Gasteiger partial charge in [0, 0.05) is 25.4 Å². The Bertz CT molecular complexity index is 552.